The van der Waals surface area contributed by atoms with E-state index < -0.39 is 0 Å². The minimum absolute atomic E-state index is 0.145. The summed E-state index contributed by atoms with van der Waals surface area (Å²) < 4.78 is 13.3. The fourth-order valence-electron chi connectivity index (χ4n) is 4.29. The number of anilines is 2. The zero-order chi connectivity index (χ0) is 19.8. The van der Waals surface area contributed by atoms with Crippen LogP contribution >= 0.6 is 11.8 Å². The Kier molecular flexibility index (Phi) is 3.46. The third kappa shape index (κ3) is 2.54. The number of ether oxygens (including phenoxy) is 1. The molecule has 0 saturated carbocycles. The number of benzene rings is 1. The summed E-state index contributed by atoms with van der Waals surface area (Å²) in [4.78, 5) is 11.5. The summed E-state index contributed by atoms with van der Waals surface area (Å²) in [7, 11) is 0. The molecule has 0 aliphatic carbocycles. The van der Waals surface area contributed by atoms with Crippen LogP contribution in [-0.2, 0) is 4.74 Å². The van der Waals surface area contributed by atoms with Crippen LogP contribution in [0, 0.1) is 0 Å². The van der Waals surface area contributed by atoms with Crippen LogP contribution in [0.2, 0.25) is 0 Å². The molecule has 150 valence electrons. The van der Waals surface area contributed by atoms with E-state index in [2.05, 4.69) is 41.0 Å². The van der Waals surface area contributed by atoms with Gasteiger partial charge in [-0.25, -0.2) is 15.0 Å². The van der Waals surface area contributed by atoms with Gasteiger partial charge in [0.15, 0.2) is 11.7 Å². The van der Waals surface area contributed by atoms with Crippen LogP contribution < -0.4 is 9.91 Å². The lowest BCUT2D eigenvalue weighted by molar-refractivity contribution is -0.0207. The summed E-state index contributed by atoms with van der Waals surface area (Å²) in [6, 6.07) is 8.55. The second-order valence-electron chi connectivity index (χ2n) is 8.15. The minimum Gasteiger partial charge on any atom is -0.364 e. The molecule has 1 aromatic heterocycles. The number of hydrogen-bond acceptors (Lipinski definition) is 9. The van der Waals surface area contributed by atoms with Crippen molar-refractivity contribution in [3.8, 4) is 0 Å². The highest BCUT2D eigenvalue weighted by molar-refractivity contribution is 6.15. The number of amidine groups is 1. The van der Waals surface area contributed by atoms with Crippen molar-refractivity contribution in [2.75, 3.05) is 23.2 Å². The molecule has 4 aliphatic rings. The predicted molar refractivity (Wildman–Crippen MR) is 107 cm³/mol. The zero-order valence-corrected chi connectivity index (χ0v) is 16.9. The first-order chi connectivity index (χ1) is 14.0. The van der Waals surface area contributed by atoms with E-state index in [9.17, 15) is 0 Å². The molecule has 5 heterocycles. The average Bonchev–Trinajstić information content (AvgIpc) is 3.45. The average molecular weight is 414 g/mol. The van der Waals surface area contributed by atoms with Crippen LogP contribution in [0.4, 0.5) is 11.7 Å². The van der Waals surface area contributed by atoms with Gasteiger partial charge in [0.2, 0.25) is 5.82 Å². The molecule has 1 unspecified atom stereocenters. The lowest BCUT2D eigenvalue weighted by atomic mass is 10.1. The van der Waals surface area contributed by atoms with Crippen LogP contribution in [-0.4, -0.2) is 44.3 Å². The number of para-hydroxylation sites is 1. The number of hydrazine groups is 1. The van der Waals surface area contributed by atoms with Crippen molar-refractivity contribution in [2.45, 2.75) is 38.4 Å². The maximum absolute atomic E-state index is 6.32. The maximum atomic E-state index is 6.32. The van der Waals surface area contributed by atoms with Crippen LogP contribution in [0.5, 0.6) is 0 Å². The Labute approximate surface area is 172 Å². The van der Waals surface area contributed by atoms with Crippen LogP contribution in [0.15, 0.2) is 45.8 Å². The number of nitrogens with zero attached hydrogens (tertiary/aromatic N) is 7. The van der Waals surface area contributed by atoms with E-state index in [-0.39, 0.29) is 11.7 Å². The Hall–Kier alpha value is -2.78. The minimum atomic E-state index is -0.162. The smallest absolute Gasteiger partial charge is 0.345 e. The third-order valence-electron chi connectivity index (χ3n) is 5.67. The van der Waals surface area contributed by atoms with E-state index in [1.165, 1.54) is 0 Å². The molecule has 0 bridgehead atoms. The third-order valence-corrected chi connectivity index (χ3v) is 5.87. The molecule has 29 heavy (non-hydrogen) atoms. The van der Waals surface area contributed by atoms with Crippen molar-refractivity contribution in [3.05, 3.63) is 47.7 Å². The largest absolute Gasteiger partial charge is 0.364 e. The Morgan fingerprint density at radius 1 is 1.24 bits per heavy atom. The van der Waals surface area contributed by atoms with Crippen molar-refractivity contribution in [2.24, 2.45) is 4.99 Å². The fourth-order valence-corrected chi connectivity index (χ4v) is 4.49. The molecular formula is C19H20ClN7O2. The second-order valence-corrected chi connectivity index (χ2v) is 8.58. The Morgan fingerprint density at radius 3 is 2.93 bits per heavy atom. The topological polar surface area (TPSA) is 73.5 Å². The summed E-state index contributed by atoms with van der Waals surface area (Å²) in [5.41, 5.74) is 1.96. The molecule has 6 rings (SSSR count). The van der Waals surface area contributed by atoms with E-state index in [1.807, 2.05) is 28.4 Å². The van der Waals surface area contributed by atoms with Crippen molar-refractivity contribution in [1.82, 2.24) is 19.6 Å². The van der Waals surface area contributed by atoms with Crippen molar-refractivity contribution < 1.29 is 9.26 Å². The summed E-state index contributed by atoms with van der Waals surface area (Å²) in [6.45, 7) is 5.10. The number of halogens is 1. The number of aliphatic imine (C=N–C) groups is 1. The van der Waals surface area contributed by atoms with Gasteiger partial charge in [-0.05, 0) is 38.8 Å². The normalized spacial score (nSPS) is 24.4. The van der Waals surface area contributed by atoms with Gasteiger partial charge in [-0.15, -0.1) is 0 Å². The number of rotatable bonds is 2. The molecule has 0 N–H and O–H groups in total. The van der Waals surface area contributed by atoms with Crippen LogP contribution in [0.25, 0.3) is 0 Å². The first-order valence-corrected chi connectivity index (χ1v) is 9.99. The lowest BCUT2D eigenvalue weighted by Gasteiger charge is -2.38. The highest BCUT2D eigenvalue weighted by atomic mass is 35.5. The Morgan fingerprint density at radius 2 is 2.10 bits per heavy atom. The molecule has 4 aliphatic heterocycles. The lowest BCUT2D eigenvalue weighted by Crippen LogP contribution is -2.49. The first kappa shape index (κ1) is 17.1. The monoisotopic (exact) mass is 413 g/mol. The van der Waals surface area contributed by atoms with Crippen LogP contribution in [0.1, 0.15) is 44.2 Å². The quantitative estimate of drug-likeness (QED) is 0.695. The SMILES string of the molecule is CC1(C)CCC(c2noc(N3CN=C4c5ccccc5N5CN(Cl)C=C5N43)n2)O1. The first-order valence-electron chi connectivity index (χ1n) is 9.65. The summed E-state index contributed by atoms with van der Waals surface area (Å²) in [6.07, 6.45) is 3.58. The van der Waals surface area contributed by atoms with Gasteiger partial charge in [-0.2, -0.15) is 4.98 Å². The van der Waals surface area contributed by atoms with Crippen LogP contribution in [0.3, 0.4) is 0 Å². The van der Waals surface area contributed by atoms with Crippen molar-refractivity contribution in [3.63, 3.8) is 0 Å². The molecule has 9 nitrogen and oxygen atoms in total. The summed E-state index contributed by atoms with van der Waals surface area (Å²) in [5.74, 6) is 2.31. The van der Waals surface area contributed by atoms with E-state index in [1.54, 1.807) is 4.42 Å². The van der Waals surface area contributed by atoms with Gasteiger partial charge in [-0.3, -0.25) is 4.42 Å². The van der Waals surface area contributed by atoms with Gasteiger partial charge in [0.1, 0.15) is 19.4 Å². The molecule has 10 heteroatoms. The molecular weight excluding hydrogens is 394 g/mol. The van der Waals surface area contributed by atoms with Gasteiger partial charge >= 0.3 is 6.01 Å². The van der Waals surface area contributed by atoms with E-state index >= 15 is 0 Å². The molecule has 1 saturated heterocycles. The summed E-state index contributed by atoms with van der Waals surface area (Å²) in [5, 5.41) is 8.05. The fraction of sp³-hybridized carbons (Fsp3) is 0.421. The van der Waals surface area contributed by atoms with Gasteiger partial charge in [-0.1, -0.05) is 17.3 Å². The Bertz CT molecular complexity index is 1050. The predicted octanol–water partition coefficient (Wildman–Crippen LogP) is 3.19. The number of aromatic nitrogens is 2. The molecule has 1 atom stereocenters. The zero-order valence-electron chi connectivity index (χ0n) is 16.1. The van der Waals surface area contributed by atoms with E-state index in [4.69, 9.17) is 26.0 Å². The number of hydrogen-bond donors (Lipinski definition) is 0. The van der Waals surface area contributed by atoms with Gasteiger partial charge in [0, 0.05) is 17.3 Å². The van der Waals surface area contributed by atoms with Gasteiger partial charge in [0.05, 0.1) is 17.5 Å². The molecule has 0 amide bonds. The highest BCUT2D eigenvalue weighted by Crippen LogP contribution is 2.42. The molecule has 1 fully saturated rings. The van der Waals surface area contributed by atoms with Crippen molar-refractivity contribution in [1.29, 1.82) is 0 Å². The Balaban J connectivity index is 1.36. The molecule has 0 spiro atoms. The molecule has 1 aromatic carbocycles. The highest BCUT2D eigenvalue weighted by Gasteiger charge is 2.44. The van der Waals surface area contributed by atoms with Crippen molar-refractivity contribution >= 4 is 29.3 Å². The van der Waals surface area contributed by atoms with Gasteiger partial charge < -0.3 is 14.2 Å². The summed E-state index contributed by atoms with van der Waals surface area (Å²) >= 11 is 6.32. The second kappa shape index (κ2) is 5.87. The maximum Gasteiger partial charge on any atom is 0.345 e. The van der Waals surface area contributed by atoms with Gasteiger partial charge in [0.25, 0.3) is 0 Å². The number of fused-ring (bicyclic) bond motifs is 6. The molecule has 2 aromatic rings. The standard InChI is InChI=1S/C19H20ClN7O2/c1-19(2)8-7-14(28-19)16-22-18(29-23-16)26-10-21-17-12-5-3-4-6-13(12)25-11-24(20)9-15(25)27(17)26/h3-6,9,14H,7-8,10-11H2,1-2H3. The van der Waals surface area contributed by atoms with E-state index in [0.717, 1.165) is 35.7 Å². The van der Waals surface area contributed by atoms with E-state index in [0.29, 0.717) is 25.2 Å². The molecule has 0 radical (unpaired) electrons.